The van der Waals surface area contributed by atoms with E-state index < -0.39 is 11.7 Å². The zero-order valence-corrected chi connectivity index (χ0v) is 17.1. The number of hydrogen-bond donors (Lipinski definition) is 2. The number of ether oxygens (including phenoxy) is 1. The van der Waals surface area contributed by atoms with Gasteiger partial charge in [-0.05, 0) is 57.9 Å². The molecular weight excluding hydrogens is 368 g/mol. The molecule has 1 atom stereocenters. The van der Waals surface area contributed by atoms with Crippen molar-refractivity contribution in [3.8, 4) is 0 Å². The van der Waals surface area contributed by atoms with Crippen LogP contribution in [0.2, 0.25) is 0 Å². The molecule has 1 aromatic heterocycles. The SMILES string of the molecule is CC(C)(C)OC(=O)Nc1ccc(NC(=O)C2CCCN2Cc2ccccc2)cn1. The maximum Gasteiger partial charge on any atom is 0.413 e. The highest BCUT2D eigenvalue weighted by Crippen LogP contribution is 2.22. The second-order valence-electron chi connectivity index (χ2n) is 8.16. The van der Waals surface area contributed by atoms with Crippen LogP contribution in [-0.2, 0) is 16.1 Å². The van der Waals surface area contributed by atoms with Crippen molar-refractivity contribution in [2.24, 2.45) is 0 Å². The molecule has 1 aliphatic heterocycles. The maximum absolute atomic E-state index is 12.8. The number of rotatable bonds is 5. The molecule has 1 aromatic carbocycles. The molecule has 0 aliphatic carbocycles. The van der Waals surface area contributed by atoms with Crippen molar-refractivity contribution in [2.75, 3.05) is 17.2 Å². The number of hydrogen-bond acceptors (Lipinski definition) is 5. The number of nitrogens with one attached hydrogen (secondary N) is 2. The molecule has 1 aliphatic rings. The Morgan fingerprint density at radius 2 is 1.90 bits per heavy atom. The van der Waals surface area contributed by atoms with E-state index in [0.29, 0.717) is 11.5 Å². The third-order valence-electron chi connectivity index (χ3n) is 4.55. The summed E-state index contributed by atoms with van der Waals surface area (Å²) < 4.78 is 5.20. The molecule has 3 rings (SSSR count). The van der Waals surface area contributed by atoms with Gasteiger partial charge in [0.05, 0.1) is 17.9 Å². The van der Waals surface area contributed by atoms with E-state index in [2.05, 4.69) is 32.7 Å². The molecule has 2 N–H and O–H groups in total. The lowest BCUT2D eigenvalue weighted by Crippen LogP contribution is -2.39. The smallest absolute Gasteiger partial charge is 0.413 e. The van der Waals surface area contributed by atoms with Gasteiger partial charge >= 0.3 is 6.09 Å². The van der Waals surface area contributed by atoms with Gasteiger partial charge in [-0.2, -0.15) is 0 Å². The molecule has 1 fully saturated rings. The van der Waals surface area contributed by atoms with Gasteiger partial charge in [0, 0.05) is 6.54 Å². The largest absolute Gasteiger partial charge is 0.444 e. The summed E-state index contributed by atoms with van der Waals surface area (Å²) in [4.78, 5) is 30.9. The molecule has 7 nitrogen and oxygen atoms in total. The van der Waals surface area contributed by atoms with E-state index in [1.165, 1.54) is 11.8 Å². The van der Waals surface area contributed by atoms with E-state index in [4.69, 9.17) is 4.74 Å². The van der Waals surface area contributed by atoms with Crippen LogP contribution in [0.5, 0.6) is 0 Å². The molecule has 154 valence electrons. The summed E-state index contributed by atoms with van der Waals surface area (Å²) in [5.74, 6) is 0.330. The minimum absolute atomic E-state index is 0.0342. The fourth-order valence-corrected chi connectivity index (χ4v) is 3.31. The second-order valence-corrected chi connectivity index (χ2v) is 8.16. The average Bonchev–Trinajstić information content (AvgIpc) is 3.11. The fraction of sp³-hybridized carbons (Fsp3) is 0.409. The molecule has 1 unspecified atom stereocenters. The van der Waals surface area contributed by atoms with Gasteiger partial charge in [-0.15, -0.1) is 0 Å². The number of aromatic nitrogens is 1. The first kappa shape index (κ1) is 20.8. The van der Waals surface area contributed by atoms with Gasteiger partial charge in [0.1, 0.15) is 11.4 Å². The van der Waals surface area contributed by atoms with Gasteiger partial charge in [-0.3, -0.25) is 15.0 Å². The highest BCUT2D eigenvalue weighted by Gasteiger charge is 2.30. The fourth-order valence-electron chi connectivity index (χ4n) is 3.31. The first-order valence-corrected chi connectivity index (χ1v) is 9.85. The van der Waals surface area contributed by atoms with Crippen LogP contribution >= 0.6 is 0 Å². The molecule has 0 saturated carbocycles. The zero-order valence-electron chi connectivity index (χ0n) is 17.1. The Bertz CT molecular complexity index is 831. The summed E-state index contributed by atoms with van der Waals surface area (Å²) in [5, 5.41) is 5.51. The lowest BCUT2D eigenvalue weighted by Gasteiger charge is -2.23. The molecule has 2 amide bonds. The third kappa shape index (κ3) is 6.29. The number of anilines is 2. The second kappa shape index (κ2) is 9.05. The summed E-state index contributed by atoms with van der Waals surface area (Å²) in [5.41, 5.74) is 1.22. The molecule has 1 saturated heterocycles. The zero-order chi connectivity index (χ0) is 20.9. The first-order valence-electron chi connectivity index (χ1n) is 9.85. The highest BCUT2D eigenvalue weighted by atomic mass is 16.6. The number of carbonyl (C=O) groups is 2. The van der Waals surface area contributed by atoms with Crippen molar-refractivity contribution in [3.05, 3.63) is 54.2 Å². The summed E-state index contributed by atoms with van der Waals surface area (Å²) in [7, 11) is 0. The summed E-state index contributed by atoms with van der Waals surface area (Å²) in [6, 6.07) is 13.4. The lowest BCUT2D eigenvalue weighted by molar-refractivity contribution is -0.120. The molecule has 0 spiro atoms. The van der Waals surface area contributed by atoms with E-state index >= 15 is 0 Å². The van der Waals surface area contributed by atoms with Crippen molar-refractivity contribution in [2.45, 2.75) is 51.8 Å². The van der Waals surface area contributed by atoms with Crippen LogP contribution < -0.4 is 10.6 Å². The minimum atomic E-state index is -0.578. The van der Waals surface area contributed by atoms with E-state index in [9.17, 15) is 9.59 Å². The van der Waals surface area contributed by atoms with Gasteiger partial charge in [-0.1, -0.05) is 30.3 Å². The van der Waals surface area contributed by atoms with Crippen molar-refractivity contribution in [1.82, 2.24) is 9.88 Å². The van der Waals surface area contributed by atoms with Crippen LogP contribution in [0.15, 0.2) is 48.7 Å². The normalized spacial score (nSPS) is 17.0. The van der Waals surface area contributed by atoms with Crippen molar-refractivity contribution in [1.29, 1.82) is 0 Å². The van der Waals surface area contributed by atoms with Gasteiger partial charge in [0.15, 0.2) is 0 Å². The number of carbonyl (C=O) groups excluding carboxylic acids is 2. The monoisotopic (exact) mass is 396 g/mol. The number of amides is 2. The van der Waals surface area contributed by atoms with E-state index in [1.54, 1.807) is 32.9 Å². The van der Waals surface area contributed by atoms with E-state index in [0.717, 1.165) is 25.9 Å². The third-order valence-corrected chi connectivity index (χ3v) is 4.55. The molecule has 2 heterocycles. The number of nitrogens with zero attached hydrogens (tertiary/aromatic N) is 2. The van der Waals surface area contributed by atoms with Crippen LogP contribution in [0.3, 0.4) is 0 Å². The Morgan fingerprint density at radius 3 is 2.55 bits per heavy atom. The molecule has 0 radical (unpaired) electrons. The standard InChI is InChI=1S/C22H28N4O3/c1-22(2,3)29-21(28)25-19-12-11-17(14-23-19)24-20(27)18-10-7-13-26(18)15-16-8-5-4-6-9-16/h4-6,8-9,11-12,14,18H,7,10,13,15H2,1-3H3,(H,24,27)(H,23,25,28). The first-order chi connectivity index (χ1) is 13.8. The number of benzene rings is 1. The molecule has 2 aromatic rings. The molecular formula is C22H28N4O3. The minimum Gasteiger partial charge on any atom is -0.444 e. The Balaban J connectivity index is 1.55. The van der Waals surface area contributed by atoms with Gasteiger partial charge in [0.25, 0.3) is 0 Å². The van der Waals surface area contributed by atoms with Crippen LogP contribution in [-0.4, -0.2) is 40.1 Å². The summed E-state index contributed by atoms with van der Waals surface area (Å²) >= 11 is 0. The molecule has 0 bridgehead atoms. The number of likely N-dealkylation sites (tertiary alicyclic amines) is 1. The topological polar surface area (TPSA) is 83.6 Å². The quantitative estimate of drug-likeness (QED) is 0.797. The Morgan fingerprint density at radius 1 is 1.14 bits per heavy atom. The summed E-state index contributed by atoms with van der Waals surface area (Å²) in [6.45, 7) is 7.05. The highest BCUT2D eigenvalue weighted by molar-refractivity contribution is 5.95. The van der Waals surface area contributed by atoms with Gasteiger partial charge in [-0.25, -0.2) is 9.78 Å². The van der Waals surface area contributed by atoms with E-state index in [-0.39, 0.29) is 11.9 Å². The molecule has 7 heteroatoms. The molecule has 29 heavy (non-hydrogen) atoms. The van der Waals surface area contributed by atoms with Crippen molar-refractivity contribution < 1.29 is 14.3 Å². The van der Waals surface area contributed by atoms with E-state index in [1.807, 2.05) is 18.2 Å². The Labute approximate surface area is 171 Å². The van der Waals surface area contributed by atoms with Crippen molar-refractivity contribution >= 4 is 23.5 Å². The average molecular weight is 396 g/mol. The predicted octanol–water partition coefficient (Wildman–Crippen LogP) is 4.03. The van der Waals surface area contributed by atoms with Gasteiger partial charge in [0.2, 0.25) is 5.91 Å². The van der Waals surface area contributed by atoms with Crippen LogP contribution in [0.1, 0.15) is 39.2 Å². The summed E-state index contributed by atoms with van der Waals surface area (Å²) in [6.07, 6.45) is 2.80. The Hall–Kier alpha value is -2.93. The van der Waals surface area contributed by atoms with Gasteiger partial charge < -0.3 is 10.1 Å². The maximum atomic E-state index is 12.8. The van der Waals surface area contributed by atoms with Crippen molar-refractivity contribution in [3.63, 3.8) is 0 Å². The Kier molecular flexibility index (Phi) is 6.49. The van der Waals surface area contributed by atoms with Crippen LogP contribution in [0, 0.1) is 0 Å². The van der Waals surface area contributed by atoms with Crippen LogP contribution in [0.4, 0.5) is 16.3 Å². The lowest BCUT2D eigenvalue weighted by atomic mass is 10.1. The van der Waals surface area contributed by atoms with Crippen LogP contribution in [0.25, 0.3) is 0 Å². The predicted molar refractivity (Wildman–Crippen MR) is 113 cm³/mol. The number of pyridine rings is 1.